The van der Waals surface area contributed by atoms with Crippen LogP contribution in [0.1, 0.15) is 27.2 Å². The van der Waals surface area contributed by atoms with Gasteiger partial charge in [0, 0.05) is 6.61 Å². The van der Waals surface area contributed by atoms with Crippen molar-refractivity contribution in [3.63, 3.8) is 0 Å². The molecular weight excluding hydrogens is 268 g/mol. The molecule has 6 heteroatoms. The van der Waals surface area contributed by atoms with Crippen LogP contribution in [0.5, 0.6) is 0 Å². The van der Waals surface area contributed by atoms with Crippen molar-refractivity contribution in [2.24, 2.45) is 11.8 Å². The first kappa shape index (κ1) is 16.1. The Morgan fingerprint density at radius 2 is 1.67 bits per heavy atom. The molecule has 1 aliphatic carbocycles. The first-order valence-corrected chi connectivity index (χ1v) is 11.1. The van der Waals surface area contributed by atoms with Crippen LogP contribution in [0.15, 0.2) is 0 Å². The second-order valence-electron chi connectivity index (χ2n) is 6.82. The highest BCUT2D eigenvalue weighted by Crippen LogP contribution is 2.42. The zero-order chi connectivity index (χ0) is 14.2. The fourth-order valence-electron chi connectivity index (χ4n) is 1.46. The average Bonchev–Trinajstić information content (AvgIpc) is 2.87. The highest BCUT2D eigenvalue weighted by atomic mass is 32.2. The molecule has 0 N–H and O–H groups in total. The molecule has 108 valence electrons. The van der Waals surface area contributed by atoms with Crippen LogP contribution in [-0.2, 0) is 18.7 Å². The van der Waals surface area contributed by atoms with Crippen LogP contribution in [-0.4, -0.2) is 36.2 Å². The zero-order valence-electron chi connectivity index (χ0n) is 12.3. The molecule has 0 bridgehead atoms. The van der Waals surface area contributed by atoms with Crippen molar-refractivity contribution in [1.29, 1.82) is 0 Å². The van der Waals surface area contributed by atoms with E-state index >= 15 is 0 Å². The Morgan fingerprint density at radius 3 is 2.11 bits per heavy atom. The van der Waals surface area contributed by atoms with E-state index in [0.29, 0.717) is 18.4 Å². The second kappa shape index (κ2) is 5.23. The largest absolute Gasteiger partial charge is 0.417 e. The van der Waals surface area contributed by atoms with Crippen LogP contribution in [0, 0.1) is 11.8 Å². The molecule has 1 saturated carbocycles. The van der Waals surface area contributed by atoms with E-state index in [2.05, 4.69) is 33.9 Å². The highest BCUT2D eigenvalue weighted by Gasteiger charge is 2.42. The average molecular weight is 294 g/mol. The van der Waals surface area contributed by atoms with Crippen LogP contribution in [0.3, 0.4) is 0 Å². The number of hydrogen-bond acceptors (Lipinski definition) is 4. The molecule has 0 radical (unpaired) electrons. The lowest BCUT2D eigenvalue weighted by Crippen LogP contribution is -2.41. The molecule has 0 unspecified atom stereocenters. The first-order chi connectivity index (χ1) is 7.92. The van der Waals surface area contributed by atoms with Crippen LogP contribution in [0.25, 0.3) is 0 Å². The molecule has 0 aliphatic heterocycles. The summed E-state index contributed by atoms with van der Waals surface area (Å²) in [4.78, 5) is 0. The third kappa shape index (κ3) is 4.99. The van der Waals surface area contributed by atoms with Crippen LogP contribution in [0.2, 0.25) is 18.1 Å². The highest BCUT2D eigenvalue weighted by molar-refractivity contribution is 7.85. The Balaban J connectivity index is 2.28. The summed E-state index contributed by atoms with van der Waals surface area (Å²) >= 11 is 0. The van der Waals surface area contributed by atoms with Crippen LogP contribution in [0.4, 0.5) is 0 Å². The van der Waals surface area contributed by atoms with Crippen molar-refractivity contribution in [2.75, 3.05) is 19.5 Å². The SMILES string of the molecule is CC(C)(C)[Si](C)(C)OC[C@@H]1C[C@H]1COS(C)(=O)=O. The molecule has 4 nitrogen and oxygen atoms in total. The maximum atomic E-state index is 10.9. The van der Waals surface area contributed by atoms with E-state index in [0.717, 1.165) is 19.3 Å². The van der Waals surface area contributed by atoms with E-state index in [-0.39, 0.29) is 5.04 Å². The molecule has 0 saturated heterocycles. The summed E-state index contributed by atoms with van der Waals surface area (Å²) in [6.07, 6.45) is 2.11. The van der Waals surface area contributed by atoms with Gasteiger partial charge >= 0.3 is 0 Å². The fraction of sp³-hybridized carbons (Fsp3) is 1.00. The van der Waals surface area contributed by atoms with Crippen molar-refractivity contribution >= 4 is 18.4 Å². The monoisotopic (exact) mass is 294 g/mol. The van der Waals surface area contributed by atoms with Crippen LogP contribution >= 0.6 is 0 Å². The molecule has 1 aliphatic rings. The molecule has 1 fully saturated rings. The number of rotatable bonds is 6. The maximum Gasteiger partial charge on any atom is 0.264 e. The van der Waals surface area contributed by atoms with E-state index in [1.165, 1.54) is 0 Å². The molecule has 0 heterocycles. The molecule has 18 heavy (non-hydrogen) atoms. The Kier molecular flexibility index (Phi) is 4.69. The lowest BCUT2D eigenvalue weighted by molar-refractivity contribution is 0.245. The number of hydrogen-bond donors (Lipinski definition) is 0. The summed E-state index contributed by atoms with van der Waals surface area (Å²) in [7, 11) is -4.98. The second-order valence-corrected chi connectivity index (χ2v) is 13.3. The summed E-state index contributed by atoms with van der Waals surface area (Å²) < 4.78 is 32.7. The summed E-state index contributed by atoms with van der Waals surface area (Å²) in [5, 5.41) is 0.223. The summed E-state index contributed by atoms with van der Waals surface area (Å²) in [6.45, 7) is 12.2. The van der Waals surface area contributed by atoms with Gasteiger partial charge in [0.1, 0.15) is 0 Å². The van der Waals surface area contributed by atoms with Crippen molar-refractivity contribution < 1.29 is 17.0 Å². The molecule has 0 aromatic heterocycles. The molecule has 1 rings (SSSR count). The Morgan fingerprint density at radius 1 is 1.17 bits per heavy atom. The van der Waals surface area contributed by atoms with Gasteiger partial charge in [-0.15, -0.1) is 0 Å². The predicted molar refractivity (Wildman–Crippen MR) is 75.5 cm³/mol. The lowest BCUT2D eigenvalue weighted by atomic mass is 10.2. The Labute approximate surface area is 112 Å². The summed E-state index contributed by atoms with van der Waals surface area (Å²) in [5.74, 6) is 0.824. The predicted octanol–water partition coefficient (Wildman–Crippen LogP) is 2.62. The normalized spacial score (nSPS) is 25.2. The quantitative estimate of drug-likeness (QED) is 0.558. The molecule has 2 atom stereocenters. The topological polar surface area (TPSA) is 52.6 Å². The standard InChI is InChI=1S/C12H26O4SSi/c1-12(2,3)18(5,6)16-9-11-7-10(11)8-15-17(4,13)14/h10-11H,7-9H2,1-6H3/t10-,11-/m0/s1. The lowest BCUT2D eigenvalue weighted by Gasteiger charge is -2.36. The molecule has 0 spiro atoms. The molecule has 0 aromatic rings. The Hall–Kier alpha value is 0.0869. The Bertz CT molecular complexity index is 383. The maximum absolute atomic E-state index is 10.9. The minimum Gasteiger partial charge on any atom is -0.417 e. The third-order valence-electron chi connectivity index (χ3n) is 4.03. The van der Waals surface area contributed by atoms with Gasteiger partial charge in [-0.3, -0.25) is 4.18 Å². The fourth-order valence-corrected chi connectivity index (χ4v) is 2.95. The third-order valence-corrected chi connectivity index (χ3v) is 9.09. The summed E-state index contributed by atoms with van der Waals surface area (Å²) in [6, 6.07) is 0. The minimum absolute atomic E-state index is 0.223. The van der Waals surface area contributed by atoms with Crippen LogP contribution < -0.4 is 0 Å². The van der Waals surface area contributed by atoms with Crippen molar-refractivity contribution in [1.82, 2.24) is 0 Å². The van der Waals surface area contributed by atoms with Gasteiger partial charge in [-0.25, -0.2) is 0 Å². The van der Waals surface area contributed by atoms with Gasteiger partial charge in [0.15, 0.2) is 8.32 Å². The molecule has 0 amide bonds. The van der Waals surface area contributed by atoms with Crippen molar-refractivity contribution in [2.45, 2.75) is 45.3 Å². The van der Waals surface area contributed by atoms with E-state index in [1.807, 2.05) is 0 Å². The van der Waals surface area contributed by atoms with Crippen molar-refractivity contribution in [3.05, 3.63) is 0 Å². The van der Waals surface area contributed by atoms with Gasteiger partial charge in [0.2, 0.25) is 0 Å². The van der Waals surface area contributed by atoms with Gasteiger partial charge in [0.25, 0.3) is 10.1 Å². The van der Waals surface area contributed by atoms with Gasteiger partial charge < -0.3 is 4.43 Å². The van der Waals surface area contributed by atoms with Gasteiger partial charge in [-0.2, -0.15) is 8.42 Å². The van der Waals surface area contributed by atoms with E-state index in [1.54, 1.807) is 0 Å². The van der Waals surface area contributed by atoms with Gasteiger partial charge in [0.05, 0.1) is 12.9 Å². The smallest absolute Gasteiger partial charge is 0.264 e. The zero-order valence-corrected chi connectivity index (χ0v) is 14.1. The molecule has 0 aromatic carbocycles. The van der Waals surface area contributed by atoms with E-state index < -0.39 is 18.4 Å². The van der Waals surface area contributed by atoms with Gasteiger partial charge in [-0.05, 0) is 36.4 Å². The molecular formula is C12H26O4SSi. The van der Waals surface area contributed by atoms with E-state index in [4.69, 9.17) is 8.61 Å². The van der Waals surface area contributed by atoms with Gasteiger partial charge in [-0.1, -0.05) is 20.8 Å². The summed E-state index contributed by atoms with van der Waals surface area (Å²) in [5.41, 5.74) is 0. The van der Waals surface area contributed by atoms with Crippen molar-refractivity contribution in [3.8, 4) is 0 Å². The van der Waals surface area contributed by atoms with E-state index in [9.17, 15) is 8.42 Å². The first-order valence-electron chi connectivity index (χ1n) is 6.41. The minimum atomic E-state index is -3.30.